The summed E-state index contributed by atoms with van der Waals surface area (Å²) in [5.74, 6) is 0. The highest BCUT2D eigenvalue weighted by Gasteiger charge is 2.18. The molecule has 0 spiro atoms. The second kappa shape index (κ2) is 10.7. The van der Waals surface area contributed by atoms with Crippen LogP contribution < -0.4 is 0 Å². The number of benzene rings is 8. The Labute approximate surface area is 306 Å². The van der Waals surface area contributed by atoms with Crippen LogP contribution in [0.5, 0.6) is 0 Å². The van der Waals surface area contributed by atoms with Gasteiger partial charge in [-0.2, -0.15) is 0 Å². The number of aromatic nitrogens is 1. The average Bonchev–Trinajstić information content (AvgIpc) is 3.95. The number of para-hydroxylation sites is 2. The molecule has 0 atom stereocenters. The highest BCUT2D eigenvalue weighted by molar-refractivity contribution is 7.26. The molecule has 52 heavy (non-hydrogen) atoms. The Morgan fingerprint density at radius 3 is 1.79 bits per heavy atom. The second-order valence-corrected chi connectivity index (χ2v) is 15.8. The van der Waals surface area contributed by atoms with Crippen molar-refractivity contribution in [1.29, 1.82) is 0 Å². The fourth-order valence-electron chi connectivity index (χ4n) is 8.51. The van der Waals surface area contributed by atoms with Crippen LogP contribution in [-0.2, 0) is 0 Å². The molecule has 0 saturated carbocycles. The van der Waals surface area contributed by atoms with Crippen LogP contribution in [0.2, 0.25) is 0 Å². The van der Waals surface area contributed by atoms with Crippen molar-refractivity contribution < 1.29 is 4.42 Å². The van der Waals surface area contributed by atoms with E-state index in [1.54, 1.807) is 0 Å². The Morgan fingerprint density at radius 1 is 0.365 bits per heavy atom. The summed E-state index contributed by atoms with van der Waals surface area (Å²) in [6.45, 7) is 0. The third-order valence-electron chi connectivity index (χ3n) is 10.8. The van der Waals surface area contributed by atoms with E-state index < -0.39 is 0 Å². The number of rotatable bonds is 3. The SMILES string of the molecule is c1ccc2c(c1)oc1ccc(-c3ccc4c(c3)c3ccccc3n4-c3ccc4c(c3)sc3cccc(-c5cccc6sc7ccccc7c56)c34)cc12. The molecule has 0 radical (unpaired) electrons. The summed E-state index contributed by atoms with van der Waals surface area (Å²) >= 11 is 3.77. The van der Waals surface area contributed by atoms with Gasteiger partial charge in [0.05, 0.1) is 11.0 Å². The van der Waals surface area contributed by atoms with E-state index in [0.29, 0.717) is 0 Å². The van der Waals surface area contributed by atoms with Gasteiger partial charge in [-0.15, -0.1) is 22.7 Å². The van der Waals surface area contributed by atoms with Gasteiger partial charge in [0.2, 0.25) is 0 Å². The zero-order chi connectivity index (χ0) is 33.9. The third-order valence-corrected chi connectivity index (χ3v) is 13.1. The Hall–Kier alpha value is -6.20. The summed E-state index contributed by atoms with van der Waals surface area (Å²) in [7, 11) is 0. The van der Waals surface area contributed by atoms with Crippen LogP contribution in [0.3, 0.4) is 0 Å². The minimum Gasteiger partial charge on any atom is -0.456 e. The first-order valence-corrected chi connectivity index (χ1v) is 19.2. The lowest BCUT2D eigenvalue weighted by atomic mass is 9.95. The van der Waals surface area contributed by atoms with E-state index in [0.717, 1.165) is 21.9 Å². The van der Waals surface area contributed by atoms with E-state index in [4.69, 9.17) is 4.42 Å². The maximum Gasteiger partial charge on any atom is 0.135 e. The molecular formula is C48H27NOS2. The first-order valence-electron chi connectivity index (χ1n) is 17.6. The first-order chi connectivity index (χ1) is 25.8. The summed E-state index contributed by atoms with van der Waals surface area (Å²) in [4.78, 5) is 0. The van der Waals surface area contributed by atoms with Gasteiger partial charge in [-0.1, -0.05) is 97.1 Å². The lowest BCUT2D eigenvalue weighted by Gasteiger charge is -2.10. The summed E-state index contributed by atoms with van der Waals surface area (Å²) in [5, 5.41) is 10.1. The molecule has 8 aromatic carbocycles. The molecule has 0 fully saturated rings. The number of thiophene rings is 2. The van der Waals surface area contributed by atoms with Gasteiger partial charge in [0, 0.05) is 67.6 Å². The van der Waals surface area contributed by atoms with Crippen molar-refractivity contribution in [2.75, 3.05) is 0 Å². The van der Waals surface area contributed by atoms with Crippen LogP contribution in [0.25, 0.3) is 112 Å². The number of hydrogen-bond donors (Lipinski definition) is 0. The first kappa shape index (κ1) is 28.5. The Morgan fingerprint density at radius 2 is 0.962 bits per heavy atom. The molecule has 0 amide bonds. The monoisotopic (exact) mass is 697 g/mol. The molecule has 4 heterocycles. The summed E-state index contributed by atoms with van der Waals surface area (Å²) in [6, 6.07) is 60.0. The van der Waals surface area contributed by atoms with Gasteiger partial charge >= 0.3 is 0 Å². The Balaban J connectivity index is 1.03. The fraction of sp³-hybridized carbons (Fsp3) is 0. The standard InChI is InChI=1S/C48H27NOS2/c1-4-14-39-31(9-1)37-25-28(29-20-24-42-38(26-29)32-10-2-5-15-41(32)50-42)19-23-40(37)49(39)30-21-22-36-46(27-30)52-45-18-8-13-34(48(36)45)33-12-7-17-44-47(33)35-11-3-6-16-43(35)51-44/h1-27H. The molecule has 2 nitrogen and oxygen atoms in total. The van der Waals surface area contributed by atoms with Gasteiger partial charge in [0.1, 0.15) is 11.2 Å². The second-order valence-electron chi connectivity index (χ2n) is 13.6. The fourth-order valence-corrected chi connectivity index (χ4v) is 10.8. The van der Waals surface area contributed by atoms with Crippen molar-refractivity contribution in [2.24, 2.45) is 0 Å². The molecule has 0 N–H and O–H groups in total. The summed E-state index contributed by atoms with van der Waals surface area (Å²) in [5.41, 5.74) is 10.4. The minimum absolute atomic E-state index is 0.920. The predicted molar refractivity (Wildman–Crippen MR) is 225 cm³/mol. The van der Waals surface area contributed by atoms with E-state index >= 15 is 0 Å². The molecule has 0 aliphatic carbocycles. The molecular weight excluding hydrogens is 671 g/mol. The molecule has 0 aliphatic rings. The largest absolute Gasteiger partial charge is 0.456 e. The van der Waals surface area contributed by atoms with Crippen LogP contribution in [0.4, 0.5) is 0 Å². The van der Waals surface area contributed by atoms with Crippen molar-refractivity contribution in [3.63, 3.8) is 0 Å². The molecule has 0 aliphatic heterocycles. The maximum atomic E-state index is 6.13. The highest BCUT2D eigenvalue weighted by Crippen LogP contribution is 2.46. The number of fused-ring (bicyclic) bond motifs is 12. The smallest absolute Gasteiger partial charge is 0.135 e. The van der Waals surface area contributed by atoms with E-state index in [1.165, 1.54) is 90.1 Å². The highest BCUT2D eigenvalue weighted by atomic mass is 32.1. The normalized spacial score (nSPS) is 12.2. The van der Waals surface area contributed by atoms with Crippen molar-refractivity contribution >= 4 is 107 Å². The van der Waals surface area contributed by atoms with Crippen LogP contribution in [0.1, 0.15) is 0 Å². The van der Waals surface area contributed by atoms with Crippen molar-refractivity contribution in [1.82, 2.24) is 4.57 Å². The molecule has 4 aromatic heterocycles. The number of furan rings is 1. The van der Waals surface area contributed by atoms with Crippen LogP contribution in [0, 0.1) is 0 Å². The van der Waals surface area contributed by atoms with Crippen molar-refractivity contribution in [3.8, 4) is 27.9 Å². The number of hydrogen-bond acceptors (Lipinski definition) is 3. The lowest BCUT2D eigenvalue weighted by Crippen LogP contribution is -1.93. The van der Waals surface area contributed by atoms with E-state index in [2.05, 4.69) is 156 Å². The molecule has 4 heteroatoms. The van der Waals surface area contributed by atoms with Crippen molar-refractivity contribution in [2.45, 2.75) is 0 Å². The van der Waals surface area contributed by atoms with Gasteiger partial charge in [-0.3, -0.25) is 0 Å². The predicted octanol–water partition coefficient (Wildman–Crippen LogP) is 14.8. The zero-order valence-electron chi connectivity index (χ0n) is 27.8. The average molecular weight is 698 g/mol. The van der Waals surface area contributed by atoms with E-state index in [-0.39, 0.29) is 0 Å². The van der Waals surface area contributed by atoms with Gasteiger partial charge in [0.25, 0.3) is 0 Å². The van der Waals surface area contributed by atoms with Gasteiger partial charge < -0.3 is 8.98 Å². The molecule has 242 valence electrons. The molecule has 12 aromatic rings. The number of nitrogens with zero attached hydrogens (tertiary/aromatic N) is 1. The molecule has 0 bridgehead atoms. The van der Waals surface area contributed by atoms with E-state index in [1.807, 2.05) is 34.8 Å². The zero-order valence-corrected chi connectivity index (χ0v) is 29.4. The van der Waals surface area contributed by atoms with E-state index in [9.17, 15) is 0 Å². The van der Waals surface area contributed by atoms with Crippen molar-refractivity contribution in [3.05, 3.63) is 164 Å². The Bertz CT molecular complexity index is 3430. The molecule has 0 saturated heterocycles. The molecule has 12 rings (SSSR count). The summed E-state index contributed by atoms with van der Waals surface area (Å²) < 4.78 is 13.8. The van der Waals surface area contributed by atoms with Gasteiger partial charge in [-0.05, 0) is 89.0 Å². The summed E-state index contributed by atoms with van der Waals surface area (Å²) in [6.07, 6.45) is 0. The topological polar surface area (TPSA) is 18.1 Å². The van der Waals surface area contributed by atoms with Gasteiger partial charge in [-0.25, -0.2) is 0 Å². The minimum atomic E-state index is 0.920. The maximum absolute atomic E-state index is 6.13. The quantitative estimate of drug-likeness (QED) is 0.180. The van der Waals surface area contributed by atoms with Gasteiger partial charge in [0.15, 0.2) is 0 Å². The van der Waals surface area contributed by atoms with Crippen LogP contribution >= 0.6 is 22.7 Å². The Kier molecular flexibility index (Phi) is 5.84. The van der Waals surface area contributed by atoms with Crippen LogP contribution in [0.15, 0.2) is 168 Å². The molecule has 0 unspecified atom stereocenters. The van der Waals surface area contributed by atoms with Crippen LogP contribution in [-0.4, -0.2) is 4.57 Å². The lowest BCUT2D eigenvalue weighted by molar-refractivity contribution is 0.669. The third kappa shape index (κ3) is 3.99.